The van der Waals surface area contributed by atoms with Gasteiger partial charge in [-0.15, -0.1) is 18.2 Å². The van der Waals surface area contributed by atoms with Crippen LogP contribution in [0.3, 0.4) is 0 Å². The van der Waals surface area contributed by atoms with Crippen molar-refractivity contribution in [1.29, 1.82) is 0 Å². The highest BCUT2D eigenvalue weighted by molar-refractivity contribution is 7.99. The van der Waals surface area contributed by atoms with Crippen molar-refractivity contribution in [2.45, 2.75) is 6.54 Å². The van der Waals surface area contributed by atoms with Crippen LogP contribution in [0.1, 0.15) is 5.56 Å². The molecule has 0 radical (unpaired) electrons. The Morgan fingerprint density at radius 2 is 2.25 bits per heavy atom. The molecule has 1 aromatic rings. The fraction of sp³-hybridized carbons (Fsp3) is 0.385. The molecule has 0 saturated heterocycles. The molecule has 2 nitrogen and oxygen atoms in total. The Labute approximate surface area is 102 Å². The summed E-state index contributed by atoms with van der Waals surface area (Å²) in [4.78, 5) is 0. The summed E-state index contributed by atoms with van der Waals surface area (Å²) in [5.74, 6) is 5.38. The number of para-hydroxylation sites is 1. The van der Waals surface area contributed by atoms with E-state index in [1.54, 1.807) is 18.9 Å². The predicted molar refractivity (Wildman–Crippen MR) is 70.9 cm³/mol. The zero-order chi connectivity index (χ0) is 11.6. The number of hydrogen-bond acceptors (Lipinski definition) is 3. The van der Waals surface area contributed by atoms with Crippen LogP contribution in [0.25, 0.3) is 0 Å². The Morgan fingerprint density at radius 3 is 3.00 bits per heavy atom. The standard InChI is InChI=1S/C13H17NOS/c1-3-9-16-10-8-14-11-12-6-4-5-7-13(12)15-2/h1,4-7,14H,8-11H2,2H3. The third-order valence-corrected chi connectivity index (χ3v) is 2.98. The molecule has 0 aromatic heterocycles. The van der Waals surface area contributed by atoms with Gasteiger partial charge in [0.05, 0.1) is 12.9 Å². The normalized spacial score (nSPS) is 9.75. The van der Waals surface area contributed by atoms with E-state index < -0.39 is 0 Å². The molecule has 0 bridgehead atoms. The van der Waals surface area contributed by atoms with Gasteiger partial charge in [-0.1, -0.05) is 24.1 Å². The van der Waals surface area contributed by atoms with Crippen molar-refractivity contribution in [3.05, 3.63) is 29.8 Å². The molecule has 0 aliphatic heterocycles. The number of terminal acetylenes is 1. The van der Waals surface area contributed by atoms with E-state index in [1.165, 1.54) is 5.56 Å². The molecule has 1 rings (SSSR count). The second-order valence-electron chi connectivity index (χ2n) is 3.25. The number of ether oxygens (including phenoxy) is 1. The fourth-order valence-electron chi connectivity index (χ4n) is 1.35. The molecule has 1 aromatic carbocycles. The van der Waals surface area contributed by atoms with Crippen LogP contribution in [-0.4, -0.2) is 25.2 Å². The highest BCUT2D eigenvalue weighted by atomic mass is 32.2. The van der Waals surface area contributed by atoms with Crippen molar-refractivity contribution in [2.24, 2.45) is 0 Å². The summed E-state index contributed by atoms with van der Waals surface area (Å²) in [5, 5.41) is 3.37. The molecule has 1 N–H and O–H groups in total. The van der Waals surface area contributed by atoms with Crippen LogP contribution in [0.5, 0.6) is 5.75 Å². The van der Waals surface area contributed by atoms with Gasteiger partial charge in [0.2, 0.25) is 0 Å². The zero-order valence-corrected chi connectivity index (χ0v) is 10.3. The van der Waals surface area contributed by atoms with Crippen LogP contribution in [0, 0.1) is 12.3 Å². The van der Waals surface area contributed by atoms with Crippen LogP contribution in [0.15, 0.2) is 24.3 Å². The first kappa shape index (κ1) is 13.0. The molecular formula is C13H17NOS. The predicted octanol–water partition coefficient (Wildman–Crippen LogP) is 2.15. The Balaban J connectivity index is 2.24. The van der Waals surface area contributed by atoms with Crippen LogP contribution < -0.4 is 10.1 Å². The lowest BCUT2D eigenvalue weighted by Crippen LogP contribution is -2.17. The van der Waals surface area contributed by atoms with E-state index in [-0.39, 0.29) is 0 Å². The average Bonchev–Trinajstić information content (AvgIpc) is 2.34. The number of benzene rings is 1. The first-order valence-corrected chi connectivity index (χ1v) is 6.37. The second kappa shape index (κ2) is 8.09. The lowest BCUT2D eigenvalue weighted by atomic mass is 10.2. The molecule has 86 valence electrons. The fourth-order valence-corrected chi connectivity index (χ4v) is 1.90. The highest BCUT2D eigenvalue weighted by Gasteiger charge is 1.99. The van der Waals surface area contributed by atoms with Crippen molar-refractivity contribution >= 4 is 11.8 Å². The lowest BCUT2D eigenvalue weighted by molar-refractivity contribution is 0.408. The molecule has 0 fully saturated rings. The maximum Gasteiger partial charge on any atom is 0.123 e. The third kappa shape index (κ3) is 4.61. The minimum Gasteiger partial charge on any atom is -0.496 e. The Hall–Kier alpha value is -1.11. The smallest absolute Gasteiger partial charge is 0.123 e. The Kier molecular flexibility index (Phi) is 6.55. The molecule has 0 heterocycles. The summed E-state index contributed by atoms with van der Waals surface area (Å²) in [6.07, 6.45) is 5.16. The molecule has 0 amide bonds. The van der Waals surface area contributed by atoms with E-state index in [0.29, 0.717) is 0 Å². The van der Waals surface area contributed by atoms with Crippen molar-refractivity contribution < 1.29 is 4.74 Å². The molecule has 0 aliphatic rings. The van der Waals surface area contributed by atoms with Gasteiger partial charge in [0, 0.05) is 24.4 Å². The number of methoxy groups -OCH3 is 1. The van der Waals surface area contributed by atoms with Gasteiger partial charge in [0.1, 0.15) is 5.75 Å². The van der Waals surface area contributed by atoms with E-state index in [2.05, 4.69) is 17.3 Å². The van der Waals surface area contributed by atoms with Crippen LogP contribution in [-0.2, 0) is 6.54 Å². The molecule has 0 saturated carbocycles. The molecule has 0 aliphatic carbocycles. The van der Waals surface area contributed by atoms with Gasteiger partial charge in [0.25, 0.3) is 0 Å². The average molecular weight is 235 g/mol. The number of nitrogens with one attached hydrogen (secondary N) is 1. The van der Waals surface area contributed by atoms with Crippen molar-refractivity contribution in [3.63, 3.8) is 0 Å². The lowest BCUT2D eigenvalue weighted by Gasteiger charge is -2.08. The van der Waals surface area contributed by atoms with E-state index in [9.17, 15) is 0 Å². The SMILES string of the molecule is C#CCSCCNCc1ccccc1OC. The number of thioether (sulfide) groups is 1. The van der Waals surface area contributed by atoms with Crippen LogP contribution in [0.2, 0.25) is 0 Å². The Bertz CT molecular complexity index is 346. The maximum absolute atomic E-state index is 5.27. The molecule has 0 spiro atoms. The van der Waals surface area contributed by atoms with E-state index >= 15 is 0 Å². The van der Waals surface area contributed by atoms with Gasteiger partial charge in [-0.2, -0.15) is 0 Å². The van der Waals surface area contributed by atoms with Gasteiger partial charge in [0.15, 0.2) is 0 Å². The largest absolute Gasteiger partial charge is 0.496 e. The van der Waals surface area contributed by atoms with Crippen molar-refractivity contribution in [2.75, 3.05) is 25.2 Å². The number of hydrogen-bond donors (Lipinski definition) is 1. The molecule has 16 heavy (non-hydrogen) atoms. The van der Waals surface area contributed by atoms with Gasteiger partial charge >= 0.3 is 0 Å². The summed E-state index contributed by atoms with van der Waals surface area (Å²) >= 11 is 1.77. The first-order valence-electron chi connectivity index (χ1n) is 5.22. The summed E-state index contributed by atoms with van der Waals surface area (Å²) < 4.78 is 5.27. The second-order valence-corrected chi connectivity index (χ2v) is 4.35. The monoisotopic (exact) mass is 235 g/mol. The topological polar surface area (TPSA) is 21.3 Å². The van der Waals surface area contributed by atoms with E-state index in [1.807, 2.05) is 18.2 Å². The molecule has 0 unspecified atom stereocenters. The zero-order valence-electron chi connectivity index (χ0n) is 9.53. The minimum absolute atomic E-state index is 0.788. The van der Waals surface area contributed by atoms with Crippen LogP contribution >= 0.6 is 11.8 Å². The summed E-state index contributed by atoms with van der Waals surface area (Å²) in [6, 6.07) is 8.04. The molecule has 3 heteroatoms. The van der Waals surface area contributed by atoms with Gasteiger partial charge in [-0.3, -0.25) is 0 Å². The van der Waals surface area contributed by atoms with E-state index in [0.717, 1.165) is 30.3 Å². The highest BCUT2D eigenvalue weighted by Crippen LogP contribution is 2.16. The summed E-state index contributed by atoms with van der Waals surface area (Å²) in [5.41, 5.74) is 1.19. The molecule has 0 atom stereocenters. The van der Waals surface area contributed by atoms with Gasteiger partial charge < -0.3 is 10.1 Å². The summed E-state index contributed by atoms with van der Waals surface area (Å²) in [7, 11) is 1.70. The summed E-state index contributed by atoms with van der Waals surface area (Å²) in [6.45, 7) is 1.80. The van der Waals surface area contributed by atoms with E-state index in [4.69, 9.17) is 11.2 Å². The number of rotatable bonds is 7. The quantitative estimate of drug-likeness (QED) is 0.578. The van der Waals surface area contributed by atoms with Gasteiger partial charge in [-0.05, 0) is 6.07 Å². The maximum atomic E-state index is 5.27. The van der Waals surface area contributed by atoms with Crippen molar-refractivity contribution in [3.8, 4) is 18.1 Å². The first-order chi connectivity index (χ1) is 7.88. The van der Waals surface area contributed by atoms with Gasteiger partial charge in [-0.25, -0.2) is 0 Å². The minimum atomic E-state index is 0.788. The molecular weight excluding hydrogens is 218 g/mol. The van der Waals surface area contributed by atoms with Crippen LogP contribution in [0.4, 0.5) is 0 Å². The third-order valence-electron chi connectivity index (χ3n) is 2.12. The Morgan fingerprint density at radius 1 is 1.44 bits per heavy atom. The van der Waals surface area contributed by atoms with Crippen molar-refractivity contribution in [1.82, 2.24) is 5.32 Å².